The van der Waals surface area contributed by atoms with Crippen molar-refractivity contribution in [1.82, 2.24) is 15.1 Å². The van der Waals surface area contributed by atoms with Crippen molar-refractivity contribution in [2.75, 3.05) is 53.0 Å². The third-order valence-corrected chi connectivity index (χ3v) is 5.21. The van der Waals surface area contributed by atoms with Crippen molar-refractivity contribution in [3.63, 3.8) is 0 Å². The van der Waals surface area contributed by atoms with Crippen molar-refractivity contribution in [3.05, 3.63) is 35.6 Å². The van der Waals surface area contributed by atoms with E-state index in [2.05, 4.69) is 17.3 Å². The summed E-state index contributed by atoms with van der Waals surface area (Å²) in [6.45, 7) is 4.98. The van der Waals surface area contributed by atoms with Crippen LogP contribution in [0.3, 0.4) is 0 Å². The Kier molecular flexibility index (Phi) is 7.43. The number of amides is 2. The lowest BCUT2D eigenvalue weighted by molar-refractivity contribution is -0.0157. The molecule has 2 saturated heterocycles. The molecule has 6 nitrogen and oxygen atoms in total. The fourth-order valence-electron chi connectivity index (χ4n) is 3.49. The summed E-state index contributed by atoms with van der Waals surface area (Å²) in [5.41, 5.74) is 0.889. The highest BCUT2D eigenvalue weighted by Crippen LogP contribution is 2.22. The molecule has 2 aliphatic heterocycles. The smallest absolute Gasteiger partial charge is 0.317 e. The minimum absolute atomic E-state index is 0.0790. The first-order chi connectivity index (χ1) is 13.1. The summed E-state index contributed by atoms with van der Waals surface area (Å²) in [5, 5.41) is 2.96. The van der Waals surface area contributed by atoms with Crippen LogP contribution in [0.1, 0.15) is 30.9 Å². The van der Waals surface area contributed by atoms with E-state index in [0.29, 0.717) is 39.0 Å². The number of nitrogens with one attached hydrogen (secondary N) is 1. The molecule has 2 heterocycles. The van der Waals surface area contributed by atoms with E-state index in [1.165, 1.54) is 12.1 Å². The average molecular weight is 379 g/mol. The van der Waals surface area contributed by atoms with Crippen LogP contribution in [-0.4, -0.2) is 74.9 Å². The minimum atomic E-state index is -0.272. The van der Waals surface area contributed by atoms with Gasteiger partial charge in [-0.15, -0.1) is 0 Å². The van der Waals surface area contributed by atoms with Crippen LogP contribution in [0.2, 0.25) is 0 Å². The second-order valence-corrected chi connectivity index (χ2v) is 7.32. The minimum Gasteiger partial charge on any atom is -0.378 e. The SMILES string of the molecule is CN1CCC(OCCCNC(=O)N2CCOC(c3ccc(F)cc3)C2)CC1. The second-order valence-electron chi connectivity index (χ2n) is 7.32. The van der Waals surface area contributed by atoms with Gasteiger partial charge in [0.25, 0.3) is 0 Å². The molecule has 0 bridgehead atoms. The molecule has 0 spiro atoms. The normalized spacial score (nSPS) is 22.0. The molecule has 0 aliphatic carbocycles. The Bertz CT molecular complexity index is 591. The van der Waals surface area contributed by atoms with E-state index in [1.807, 2.05) is 0 Å². The third kappa shape index (κ3) is 6.16. The van der Waals surface area contributed by atoms with Gasteiger partial charge in [0.1, 0.15) is 11.9 Å². The van der Waals surface area contributed by atoms with Crippen molar-refractivity contribution in [3.8, 4) is 0 Å². The molecule has 0 saturated carbocycles. The highest BCUT2D eigenvalue weighted by atomic mass is 19.1. The number of carbonyl (C=O) groups excluding carboxylic acids is 1. The van der Waals surface area contributed by atoms with Crippen molar-refractivity contribution in [1.29, 1.82) is 0 Å². The van der Waals surface area contributed by atoms with Gasteiger partial charge >= 0.3 is 6.03 Å². The molecule has 150 valence electrons. The first-order valence-electron chi connectivity index (χ1n) is 9.82. The fourth-order valence-corrected chi connectivity index (χ4v) is 3.49. The van der Waals surface area contributed by atoms with Gasteiger partial charge in [-0.25, -0.2) is 9.18 Å². The zero-order valence-corrected chi connectivity index (χ0v) is 16.0. The van der Waals surface area contributed by atoms with E-state index in [1.54, 1.807) is 17.0 Å². The first kappa shape index (κ1) is 20.0. The number of halogens is 1. The molecule has 2 aliphatic rings. The van der Waals surface area contributed by atoms with Crippen molar-refractivity contribution < 1.29 is 18.7 Å². The second kappa shape index (κ2) is 10.0. The molecular weight excluding hydrogens is 349 g/mol. The number of rotatable bonds is 6. The van der Waals surface area contributed by atoms with Crippen molar-refractivity contribution >= 4 is 6.03 Å². The fraction of sp³-hybridized carbons (Fsp3) is 0.650. The Morgan fingerprint density at radius 3 is 2.74 bits per heavy atom. The van der Waals surface area contributed by atoms with Gasteiger partial charge in [0.2, 0.25) is 0 Å². The largest absolute Gasteiger partial charge is 0.378 e. The molecule has 0 radical (unpaired) electrons. The maximum Gasteiger partial charge on any atom is 0.317 e. The summed E-state index contributed by atoms with van der Waals surface area (Å²) < 4.78 is 24.7. The van der Waals surface area contributed by atoms with Crippen LogP contribution in [0.15, 0.2) is 24.3 Å². The van der Waals surface area contributed by atoms with E-state index < -0.39 is 0 Å². The van der Waals surface area contributed by atoms with E-state index in [-0.39, 0.29) is 18.0 Å². The summed E-state index contributed by atoms with van der Waals surface area (Å²) in [5.74, 6) is -0.272. The van der Waals surface area contributed by atoms with Crippen LogP contribution in [0.25, 0.3) is 0 Å². The molecule has 2 amide bonds. The van der Waals surface area contributed by atoms with Gasteiger partial charge in [-0.1, -0.05) is 12.1 Å². The van der Waals surface area contributed by atoms with Gasteiger partial charge in [0, 0.05) is 32.8 Å². The Labute approximate surface area is 160 Å². The molecule has 1 atom stereocenters. The third-order valence-electron chi connectivity index (χ3n) is 5.21. The number of carbonyl (C=O) groups is 1. The molecule has 1 aromatic rings. The number of urea groups is 1. The zero-order chi connectivity index (χ0) is 19.1. The van der Waals surface area contributed by atoms with E-state index in [0.717, 1.165) is 37.9 Å². The average Bonchev–Trinajstić information content (AvgIpc) is 2.69. The number of piperidine rings is 1. The molecule has 3 rings (SSSR count). The number of ether oxygens (including phenoxy) is 2. The molecule has 1 unspecified atom stereocenters. The van der Waals surface area contributed by atoms with Gasteiger partial charge in [0.05, 0.1) is 19.3 Å². The van der Waals surface area contributed by atoms with Crippen LogP contribution in [0.4, 0.5) is 9.18 Å². The Hall–Kier alpha value is -1.70. The summed E-state index contributed by atoms with van der Waals surface area (Å²) in [7, 11) is 2.14. The first-order valence-corrected chi connectivity index (χ1v) is 9.82. The molecule has 27 heavy (non-hydrogen) atoms. The summed E-state index contributed by atoms with van der Waals surface area (Å²) in [6.07, 6.45) is 3.12. The van der Waals surface area contributed by atoms with Crippen LogP contribution in [-0.2, 0) is 9.47 Å². The zero-order valence-electron chi connectivity index (χ0n) is 16.0. The standard InChI is InChI=1S/C20H30FN3O3/c1-23-10-7-18(8-11-23)26-13-2-9-22-20(25)24-12-14-27-19(15-24)16-3-5-17(21)6-4-16/h3-6,18-19H,2,7-15H2,1H3,(H,22,25). The molecule has 1 aromatic carbocycles. The molecule has 7 heteroatoms. The number of hydrogen-bond acceptors (Lipinski definition) is 4. The van der Waals surface area contributed by atoms with Gasteiger partial charge in [-0.2, -0.15) is 0 Å². The quantitative estimate of drug-likeness (QED) is 0.772. The summed E-state index contributed by atoms with van der Waals surface area (Å²) in [4.78, 5) is 16.5. The predicted octanol–water partition coefficient (Wildman–Crippen LogP) is 2.41. The van der Waals surface area contributed by atoms with Crippen LogP contribution in [0.5, 0.6) is 0 Å². The maximum absolute atomic E-state index is 13.1. The maximum atomic E-state index is 13.1. The molecule has 2 fully saturated rings. The number of nitrogens with zero attached hydrogens (tertiary/aromatic N) is 2. The van der Waals surface area contributed by atoms with Gasteiger partial charge < -0.3 is 24.6 Å². The lowest BCUT2D eigenvalue weighted by Crippen LogP contribution is -2.47. The summed E-state index contributed by atoms with van der Waals surface area (Å²) >= 11 is 0. The Morgan fingerprint density at radius 1 is 1.26 bits per heavy atom. The van der Waals surface area contributed by atoms with Crippen LogP contribution < -0.4 is 5.32 Å². The summed E-state index contributed by atoms with van der Waals surface area (Å²) in [6, 6.07) is 6.18. The lowest BCUT2D eigenvalue weighted by atomic mass is 10.1. The van der Waals surface area contributed by atoms with Crippen molar-refractivity contribution in [2.45, 2.75) is 31.5 Å². The highest BCUT2D eigenvalue weighted by molar-refractivity contribution is 5.74. The number of likely N-dealkylation sites (tertiary alicyclic amines) is 1. The van der Waals surface area contributed by atoms with E-state index in [9.17, 15) is 9.18 Å². The van der Waals surface area contributed by atoms with Crippen LogP contribution >= 0.6 is 0 Å². The van der Waals surface area contributed by atoms with Gasteiger partial charge in [-0.05, 0) is 44.0 Å². The predicted molar refractivity (Wildman–Crippen MR) is 101 cm³/mol. The van der Waals surface area contributed by atoms with Crippen LogP contribution in [0, 0.1) is 5.82 Å². The number of hydrogen-bond donors (Lipinski definition) is 1. The van der Waals surface area contributed by atoms with Gasteiger partial charge in [0.15, 0.2) is 0 Å². The topological polar surface area (TPSA) is 54.0 Å². The van der Waals surface area contributed by atoms with E-state index >= 15 is 0 Å². The highest BCUT2D eigenvalue weighted by Gasteiger charge is 2.25. The van der Waals surface area contributed by atoms with Crippen molar-refractivity contribution in [2.24, 2.45) is 0 Å². The molecule has 1 N–H and O–H groups in total. The number of morpholine rings is 1. The Balaban J connectivity index is 1.33. The molecular formula is C20H30FN3O3. The Morgan fingerprint density at radius 2 is 2.00 bits per heavy atom. The van der Waals surface area contributed by atoms with Gasteiger partial charge in [-0.3, -0.25) is 0 Å². The monoisotopic (exact) mass is 379 g/mol. The van der Waals surface area contributed by atoms with E-state index in [4.69, 9.17) is 9.47 Å². The molecule has 0 aromatic heterocycles. The lowest BCUT2D eigenvalue weighted by Gasteiger charge is -2.33. The number of benzene rings is 1.